The molecule has 5 fully saturated rings. The maximum atomic E-state index is 12.0. The molecule has 15 atom stereocenters. The summed E-state index contributed by atoms with van der Waals surface area (Å²) in [6.45, 7) is 17.2. The van der Waals surface area contributed by atoms with Crippen LogP contribution in [-0.4, -0.2) is 86.3 Å². The zero-order chi connectivity index (χ0) is 32.6. The molecule has 4 saturated carbocycles. The molecule has 4 aliphatic carbocycles. The van der Waals surface area contributed by atoms with Crippen molar-refractivity contribution in [2.75, 3.05) is 6.61 Å². The Balaban J connectivity index is 1.55. The molecule has 6 N–H and O–H groups in total. The zero-order valence-electron chi connectivity index (χ0n) is 28.2. The van der Waals surface area contributed by atoms with E-state index in [4.69, 9.17) is 9.47 Å². The Morgan fingerprint density at radius 1 is 0.864 bits per heavy atom. The molecule has 0 aromatic heterocycles. The third kappa shape index (κ3) is 5.18. The van der Waals surface area contributed by atoms with Gasteiger partial charge in [0.25, 0.3) is 0 Å². The van der Waals surface area contributed by atoms with Gasteiger partial charge in [-0.3, -0.25) is 0 Å². The van der Waals surface area contributed by atoms with Gasteiger partial charge in [0.15, 0.2) is 6.29 Å². The Morgan fingerprint density at radius 3 is 2.18 bits per heavy atom. The van der Waals surface area contributed by atoms with Crippen LogP contribution in [0.3, 0.4) is 0 Å². The summed E-state index contributed by atoms with van der Waals surface area (Å²) in [4.78, 5) is 0. The Morgan fingerprint density at radius 2 is 1.55 bits per heavy atom. The third-order valence-corrected chi connectivity index (χ3v) is 13.9. The fourth-order valence-electron chi connectivity index (χ4n) is 11.5. The summed E-state index contributed by atoms with van der Waals surface area (Å²) in [5.41, 5.74) is 1.49. The van der Waals surface area contributed by atoms with Crippen molar-refractivity contribution in [3.05, 3.63) is 23.3 Å². The summed E-state index contributed by atoms with van der Waals surface area (Å²) in [5.74, 6) is 0.506. The number of hydrogen-bond donors (Lipinski definition) is 6. The van der Waals surface area contributed by atoms with E-state index in [1.54, 1.807) is 0 Å². The molecular weight excluding hydrogens is 560 g/mol. The van der Waals surface area contributed by atoms with E-state index in [1.165, 1.54) is 11.1 Å². The number of aliphatic hydroxyl groups is 6. The first-order chi connectivity index (χ1) is 20.4. The number of allylic oxidation sites excluding steroid dienone is 4. The summed E-state index contributed by atoms with van der Waals surface area (Å²) in [5, 5.41) is 65.2. The first-order valence-electron chi connectivity index (χ1n) is 17.1. The van der Waals surface area contributed by atoms with Crippen LogP contribution in [0.15, 0.2) is 23.3 Å². The monoisotopic (exact) mass is 620 g/mol. The van der Waals surface area contributed by atoms with Gasteiger partial charge in [-0.2, -0.15) is 0 Å². The fourth-order valence-corrected chi connectivity index (χ4v) is 11.5. The molecule has 0 bridgehead atoms. The van der Waals surface area contributed by atoms with E-state index in [9.17, 15) is 30.6 Å². The predicted octanol–water partition coefficient (Wildman–Crippen LogP) is 4.10. The van der Waals surface area contributed by atoms with E-state index in [-0.39, 0.29) is 34.0 Å². The highest BCUT2D eigenvalue weighted by Gasteiger charge is 2.72. The van der Waals surface area contributed by atoms with E-state index in [0.29, 0.717) is 25.2 Å². The van der Waals surface area contributed by atoms with E-state index in [0.717, 1.165) is 25.7 Å². The van der Waals surface area contributed by atoms with Crippen LogP contribution in [0.2, 0.25) is 0 Å². The van der Waals surface area contributed by atoms with Crippen LogP contribution in [0.1, 0.15) is 100 Å². The lowest BCUT2D eigenvalue weighted by atomic mass is 9.34. The summed E-state index contributed by atoms with van der Waals surface area (Å²) in [6.07, 6.45) is 2.23. The van der Waals surface area contributed by atoms with Crippen molar-refractivity contribution in [2.24, 2.45) is 45.3 Å². The molecule has 44 heavy (non-hydrogen) atoms. The Hall–Kier alpha value is -0.840. The summed E-state index contributed by atoms with van der Waals surface area (Å²) in [7, 11) is 0. The quantitative estimate of drug-likeness (QED) is 0.193. The molecule has 0 aromatic rings. The van der Waals surface area contributed by atoms with E-state index in [2.05, 4.69) is 67.5 Å². The van der Waals surface area contributed by atoms with Crippen LogP contribution >= 0.6 is 0 Å². The van der Waals surface area contributed by atoms with Crippen molar-refractivity contribution in [3.63, 3.8) is 0 Å². The van der Waals surface area contributed by atoms with Gasteiger partial charge >= 0.3 is 0 Å². The van der Waals surface area contributed by atoms with Gasteiger partial charge in [-0.25, -0.2) is 0 Å². The molecule has 1 aliphatic heterocycles. The lowest BCUT2D eigenvalue weighted by Crippen LogP contribution is -2.70. The second-order valence-corrected chi connectivity index (χ2v) is 16.8. The van der Waals surface area contributed by atoms with Gasteiger partial charge in [0.2, 0.25) is 0 Å². The van der Waals surface area contributed by atoms with Gasteiger partial charge in [0.05, 0.1) is 24.9 Å². The fraction of sp³-hybridized carbons (Fsp3) is 0.889. The molecule has 8 nitrogen and oxygen atoms in total. The predicted molar refractivity (Wildman–Crippen MR) is 168 cm³/mol. The SMILES string of the molecule is CC(C)=CC/C=C(/C)[C@H]1CC[C@]2(C)C1[C@H](O)CC1[C@@]3(C)CC[C@H](O)C(C)(C)C3[C@@H](O[C@@H]3O[C@H](CO)[C@@H](O)[C@H](O)[C@H]3O)C[C@]12C. The van der Waals surface area contributed by atoms with Gasteiger partial charge in [-0.1, -0.05) is 57.9 Å². The maximum absolute atomic E-state index is 12.0. The topological polar surface area (TPSA) is 140 Å². The molecule has 8 heteroatoms. The molecule has 3 unspecified atom stereocenters. The van der Waals surface area contributed by atoms with Crippen molar-refractivity contribution >= 4 is 0 Å². The molecule has 252 valence electrons. The zero-order valence-corrected chi connectivity index (χ0v) is 28.2. The van der Waals surface area contributed by atoms with Crippen molar-refractivity contribution in [3.8, 4) is 0 Å². The lowest BCUT2D eigenvalue weighted by Gasteiger charge is -2.72. The average Bonchev–Trinajstić information content (AvgIpc) is 3.32. The van der Waals surface area contributed by atoms with Gasteiger partial charge < -0.3 is 40.1 Å². The van der Waals surface area contributed by atoms with E-state index in [1.807, 2.05) is 0 Å². The highest BCUT2D eigenvalue weighted by atomic mass is 16.7. The number of hydrogen-bond acceptors (Lipinski definition) is 8. The van der Waals surface area contributed by atoms with Crippen molar-refractivity contribution < 1.29 is 40.1 Å². The van der Waals surface area contributed by atoms with Crippen molar-refractivity contribution in [1.82, 2.24) is 0 Å². The average molecular weight is 621 g/mol. The Labute approximate surface area is 264 Å². The molecule has 1 saturated heterocycles. The molecule has 0 aromatic carbocycles. The van der Waals surface area contributed by atoms with Gasteiger partial charge in [-0.05, 0) is 111 Å². The number of aliphatic hydroxyl groups excluding tert-OH is 6. The molecule has 0 radical (unpaired) electrons. The summed E-state index contributed by atoms with van der Waals surface area (Å²) >= 11 is 0. The molecular formula is C36H60O8. The Kier molecular flexibility index (Phi) is 9.40. The number of rotatable bonds is 6. The van der Waals surface area contributed by atoms with Crippen LogP contribution in [0.5, 0.6) is 0 Å². The smallest absolute Gasteiger partial charge is 0.186 e. The maximum Gasteiger partial charge on any atom is 0.186 e. The highest BCUT2D eigenvalue weighted by Crippen LogP contribution is 2.76. The van der Waals surface area contributed by atoms with Gasteiger partial charge in [-0.15, -0.1) is 0 Å². The molecule has 5 aliphatic rings. The lowest BCUT2D eigenvalue weighted by molar-refractivity contribution is -0.346. The molecule has 5 rings (SSSR count). The van der Waals surface area contributed by atoms with Crippen LogP contribution in [-0.2, 0) is 9.47 Å². The minimum Gasteiger partial charge on any atom is -0.394 e. The largest absolute Gasteiger partial charge is 0.394 e. The van der Waals surface area contributed by atoms with Crippen molar-refractivity contribution in [1.29, 1.82) is 0 Å². The van der Waals surface area contributed by atoms with Crippen LogP contribution in [0, 0.1) is 45.3 Å². The first-order valence-corrected chi connectivity index (χ1v) is 17.1. The second kappa shape index (κ2) is 12.0. The van der Waals surface area contributed by atoms with E-state index >= 15 is 0 Å². The van der Waals surface area contributed by atoms with Gasteiger partial charge in [0.1, 0.15) is 24.4 Å². The Bertz CT molecular complexity index is 1110. The molecule has 0 amide bonds. The standard InChI is InChI=1S/C36H60O8/c1-19(2)10-9-11-20(3)21-12-15-35(7)27(21)22(38)16-25-34(6)14-13-26(39)33(4,5)31(34)23(17-36(25,35)8)43-32-30(42)29(41)28(40)24(18-37)44-32/h10-11,21-32,37-42H,9,12-18H2,1-8H3/b20-11-/t21-,22-,23+,24-,25?,26+,27?,28-,29+,30-,31?,32-,34-,35-,36-/m1/s1. The third-order valence-electron chi connectivity index (χ3n) is 13.9. The number of ether oxygens (including phenoxy) is 2. The molecule has 0 spiro atoms. The van der Waals surface area contributed by atoms with Crippen molar-refractivity contribution in [2.45, 2.75) is 149 Å². The minimum absolute atomic E-state index is 0.112. The molecule has 1 heterocycles. The first kappa shape index (κ1) is 34.5. The minimum atomic E-state index is -1.52. The number of fused-ring (bicyclic) bond motifs is 5. The normalized spacial score (nSPS) is 52.1. The second-order valence-electron chi connectivity index (χ2n) is 16.8. The summed E-state index contributed by atoms with van der Waals surface area (Å²) < 4.78 is 12.6. The van der Waals surface area contributed by atoms with Gasteiger partial charge in [0, 0.05) is 0 Å². The van der Waals surface area contributed by atoms with E-state index < -0.39 is 61.0 Å². The van der Waals surface area contributed by atoms with Crippen LogP contribution in [0.4, 0.5) is 0 Å². The highest BCUT2D eigenvalue weighted by molar-refractivity contribution is 5.24. The van der Waals surface area contributed by atoms with Crippen LogP contribution in [0.25, 0.3) is 0 Å². The van der Waals surface area contributed by atoms with Crippen LogP contribution < -0.4 is 0 Å². The summed E-state index contributed by atoms with van der Waals surface area (Å²) in [6, 6.07) is 0.